The second-order valence-electron chi connectivity index (χ2n) is 6.28. The third-order valence-electron chi connectivity index (χ3n) is 4.58. The highest BCUT2D eigenvalue weighted by Crippen LogP contribution is 2.27. The molecular weight excluding hydrogens is 304 g/mol. The third kappa shape index (κ3) is 2.60. The molecule has 0 bridgehead atoms. The molecule has 3 aromatic rings. The van der Waals surface area contributed by atoms with E-state index < -0.39 is 0 Å². The lowest BCUT2D eigenvalue weighted by molar-refractivity contribution is 0.142. The Hall–Kier alpha value is -2.54. The lowest BCUT2D eigenvalue weighted by Gasteiger charge is -2.30. The maximum absolute atomic E-state index is 5.93. The minimum absolute atomic E-state index is 0.0433. The molecule has 3 heterocycles. The van der Waals surface area contributed by atoms with E-state index in [0.29, 0.717) is 11.8 Å². The van der Waals surface area contributed by atoms with Crippen molar-refractivity contribution in [2.45, 2.75) is 39.9 Å². The number of fused-ring (bicyclic) bond motifs is 1. The summed E-state index contributed by atoms with van der Waals surface area (Å²) >= 11 is 0. The molecule has 0 unspecified atom stereocenters. The first kappa shape index (κ1) is 15.0. The maximum atomic E-state index is 5.93. The second kappa shape index (κ2) is 5.83. The van der Waals surface area contributed by atoms with E-state index >= 15 is 0 Å². The van der Waals surface area contributed by atoms with E-state index in [9.17, 15) is 0 Å². The Balaban J connectivity index is 1.54. The lowest BCUT2D eigenvalue weighted by Crippen LogP contribution is -2.36. The van der Waals surface area contributed by atoms with Crippen molar-refractivity contribution < 1.29 is 4.42 Å². The smallest absolute Gasteiger partial charge is 0.247 e. The summed E-state index contributed by atoms with van der Waals surface area (Å²) < 4.78 is 8.09. The van der Waals surface area contributed by atoms with E-state index in [4.69, 9.17) is 4.42 Å². The predicted molar refractivity (Wildman–Crippen MR) is 88.1 cm³/mol. The van der Waals surface area contributed by atoms with E-state index in [1.807, 2.05) is 25.1 Å². The summed E-state index contributed by atoms with van der Waals surface area (Å²) in [5.74, 6) is 3.16. The Kier molecular flexibility index (Phi) is 3.65. The first-order chi connectivity index (χ1) is 11.6. The highest BCUT2D eigenvalue weighted by Gasteiger charge is 2.27. The fraction of sp³-hybridized carbons (Fsp3) is 0.412. The van der Waals surface area contributed by atoms with Crippen molar-refractivity contribution in [3.8, 4) is 11.5 Å². The average Bonchev–Trinajstić information content (AvgIpc) is 3.21. The quantitative estimate of drug-likeness (QED) is 0.737. The summed E-state index contributed by atoms with van der Waals surface area (Å²) in [7, 11) is 0. The van der Waals surface area contributed by atoms with Gasteiger partial charge in [-0.3, -0.25) is 4.90 Å². The Bertz CT molecular complexity index is 868. The molecule has 7 nitrogen and oxygen atoms in total. The zero-order chi connectivity index (χ0) is 16.7. The first-order valence-electron chi connectivity index (χ1n) is 8.15. The topological polar surface area (TPSA) is 72.9 Å². The number of hydrogen-bond acceptors (Lipinski definition) is 6. The van der Waals surface area contributed by atoms with Gasteiger partial charge in [-0.15, -0.1) is 20.4 Å². The van der Waals surface area contributed by atoms with E-state index in [-0.39, 0.29) is 6.04 Å². The Morgan fingerprint density at radius 3 is 2.79 bits per heavy atom. The number of nitrogens with zero attached hydrogens (tertiary/aromatic N) is 6. The molecule has 0 N–H and O–H groups in total. The fourth-order valence-electron chi connectivity index (χ4n) is 3.11. The molecule has 4 rings (SSSR count). The van der Waals surface area contributed by atoms with Crippen LogP contribution in [0.3, 0.4) is 0 Å². The Morgan fingerprint density at radius 2 is 1.96 bits per heavy atom. The zero-order valence-corrected chi connectivity index (χ0v) is 14.1. The summed E-state index contributed by atoms with van der Waals surface area (Å²) in [5, 5.41) is 16.9. The molecule has 0 saturated carbocycles. The van der Waals surface area contributed by atoms with Crippen LogP contribution in [0.25, 0.3) is 11.5 Å². The SMILES string of the molecule is Cc1cccc(-c2nnc([C@H](C)N3CCn4c(C)nnc4C3)o2)c1. The van der Waals surface area contributed by atoms with Crippen LogP contribution in [-0.4, -0.2) is 36.4 Å². The Labute approximate surface area is 140 Å². The van der Waals surface area contributed by atoms with Gasteiger partial charge in [0.1, 0.15) is 11.6 Å². The van der Waals surface area contributed by atoms with Crippen molar-refractivity contribution in [3.63, 3.8) is 0 Å². The highest BCUT2D eigenvalue weighted by atomic mass is 16.4. The van der Waals surface area contributed by atoms with Gasteiger partial charge in [-0.05, 0) is 32.9 Å². The molecule has 1 atom stereocenters. The van der Waals surface area contributed by atoms with Crippen molar-refractivity contribution >= 4 is 0 Å². The zero-order valence-electron chi connectivity index (χ0n) is 14.1. The number of hydrogen-bond donors (Lipinski definition) is 0. The second-order valence-corrected chi connectivity index (χ2v) is 6.28. The molecule has 1 aliphatic heterocycles. The van der Waals surface area contributed by atoms with Crippen molar-refractivity contribution in [3.05, 3.63) is 47.4 Å². The van der Waals surface area contributed by atoms with E-state index in [1.165, 1.54) is 5.56 Å². The molecular formula is C17H20N6O. The van der Waals surface area contributed by atoms with E-state index in [2.05, 4.69) is 49.8 Å². The highest BCUT2D eigenvalue weighted by molar-refractivity contribution is 5.53. The van der Waals surface area contributed by atoms with Crippen molar-refractivity contribution in [2.24, 2.45) is 0 Å². The lowest BCUT2D eigenvalue weighted by atomic mass is 10.1. The van der Waals surface area contributed by atoms with Crippen molar-refractivity contribution in [1.82, 2.24) is 29.9 Å². The van der Waals surface area contributed by atoms with Crippen molar-refractivity contribution in [1.29, 1.82) is 0 Å². The monoisotopic (exact) mass is 324 g/mol. The van der Waals surface area contributed by atoms with Gasteiger partial charge in [-0.1, -0.05) is 17.7 Å². The van der Waals surface area contributed by atoms with Gasteiger partial charge in [0.05, 0.1) is 12.6 Å². The van der Waals surface area contributed by atoms with Crippen LogP contribution >= 0.6 is 0 Å². The largest absolute Gasteiger partial charge is 0.419 e. The molecule has 0 saturated heterocycles. The van der Waals surface area contributed by atoms with Crippen molar-refractivity contribution in [2.75, 3.05) is 6.54 Å². The van der Waals surface area contributed by atoms with Crippen LogP contribution in [0, 0.1) is 13.8 Å². The summed E-state index contributed by atoms with van der Waals surface area (Å²) in [5.41, 5.74) is 2.13. The van der Waals surface area contributed by atoms with Gasteiger partial charge in [0, 0.05) is 18.7 Å². The van der Waals surface area contributed by atoms with Crippen LogP contribution in [0.5, 0.6) is 0 Å². The standard InChI is InChI=1S/C17H20N6O/c1-11-5-4-6-14(9-11)17-21-20-16(24-17)12(2)22-7-8-23-13(3)18-19-15(23)10-22/h4-6,9,12H,7-8,10H2,1-3H3/t12-/m0/s1. The van der Waals surface area contributed by atoms with E-state index in [1.54, 1.807) is 0 Å². The summed E-state index contributed by atoms with van der Waals surface area (Å²) in [6, 6.07) is 8.13. The molecule has 1 aliphatic rings. The molecule has 0 radical (unpaired) electrons. The van der Waals surface area contributed by atoms with Crippen LogP contribution in [0.15, 0.2) is 28.7 Å². The van der Waals surface area contributed by atoms with Gasteiger partial charge in [0.15, 0.2) is 0 Å². The molecule has 0 fully saturated rings. The van der Waals surface area contributed by atoms with Crippen LogP contribution < -0.4 is 0 Å². The average molecular weight is 324 g/mol. The number of aryl methyl sites for hydroxylation is 2. The number of aromatic nitrogens is 5. The summed E-state index contributed by atoms with van der Waals surface area (Å²) in [6.07, 6.45) is 0. The summed E-state index contributed by atoms with van der Waals surface area (Å²) in [6.45, 7) is 8.67. The molecule has 0 spiro atoms. The van der Waals surface area contributed by atoms with E-state index in [0.717, 1.165) is 36.8 Å². The van der Waals surface area contributed by atoms with Crippen LogP contribution in [0.1, 0.15) is 36.1 Å². The molecule has 124 valence electrons. The summed E-state index contributed by atoms with van der Waals surface area (Å²) in [4.78, 5) is 2.29. The van der Waals surface area contributed by atoms with Crippen LogP contribution in [0.2, 0.25) is 0 Å². The van der Waals surface area contributed by atoms with Gasteiger partial charge < -0.3 is 8.98 Å². The first-order valence-corrected chi connectivity index (χ1v) is 8.15. The minimum atomic E-state index is 0.0433. The normalized spacial score (nSPS) is 16.1. The molecule has 7 heteroatoms. The molecule has 2 aromatic heterocycles. The van der Waals surface area contributed by atoms with Gasteiger partial charge in [-0.2, -0.15) is 0 Å². The molecule has 0 aliphatic carbocycles. The number of rotatable bonds is 3. The number of benzene rings is 1. The molecule has 0 amide bonds. The molecule has 1 aromatic carbocycles. The van der Waals surface area contributed by atoms with Crippen LogP contribution in [-0.2, 0) is 13.1 Å². The van der Waals surface area contributed by atoms with Gasteiger partial charge in [0.2, 0.25) is 11.8 Å². The minimum Gasteiger partial charge on any atom is -0.419 e. The van der Waals surface area contributed by atoms with Gasteiger partial charge in [0.25, 0.3) is 0 Å². The predicted octanol–water partition coefficient (Wildman–Crippen LogP) is 2.52. The van der Waals surface area contributed by atoms with Gasteiger partial charge >= 0.3 is 0 Å². The van der Waals surface area contributed by atoms with Crippen LogP contribution in [0.4, 0.5) is 0 Å². The Morgan fingerprint density at radius 1 is 1.08 bits per heavy atom. The maximum Gasteiger partial charge on any atom is 0.247 e. The molecule has 24 heavy (non-hydrogen) atoms. The fourth-order valence-corrected chi connectivity index (χ4v) is 3.11. The third-order valence-corrected chi connectivity index (χ3v) is 4.58. The van der Waals surface area contributed by atoms with Gasteiger partial charge in [-0.25, -0.2) is 0 Å².